The zero-order valence-corrected chi connectivity index (χ0v) is 16.2. The minimum atomic E-state index is -0.979. The molecule has 0 aromatic heterocycles. The standard InChI is InChI=1S/C19H32N2O5/c1-5-6-9-20-17(22)14(10-11(2)3)21-12-7-8-13(21)16(19(25)26-4)15(12)18(23)24/h11-16H,5-10H2,1-4H3,(H,20,22)(H,23,24)/t12-,13+,14?,15+,16+/m0/s1. The summed E-state index contributed by atoms with van der Waals surface area (Å²) in [5, 5.41) is 12.7. The van der Waals surface area contributed by atoms with Crippen LogP contribution in [0.3, 0.4) is 0 Å². The number of carboxylic acid groups (broad SMARTS) is 1. The molecule has 0 spiro atoms. The van der Waals surface area contributed by atoms with E-state index in [0.29, 0.717) is 19.4 Å². The van der Waals surface area contributed by atoms with Gasteiger partial charge in [0.15, 0.2) is 0 Å². The molecule has 1 amide bonds. The molecule has 0 radical (unpaired) electrons. The first-order chi connectivity index (χ1) is 12.3. The van der Waals surface area contributed by atoms with Gasteiger partial charge >= 0.3 is 11.9 Å². The second-order valence-corrected chi connectivity index (χ2v) is 7.86. The summed E-state index contributed by atoms with van der Waals surface area (Å²) in [7, 11) is 1.29. The molecule has 2 saturated heterocycles. The molecule has 2 rings (SSSR count). The number of carbonyl (C=O) groups excluding carboxylic acids is 2. The summed E-state index contributed by atoms with van der Waals surface area (Å²) in [6.45, 7) is 6.79. The van der Waals surface area contributed by atoms with E-state index in [1.807, 2.05) is 4.90 Å². The van der Waals surface area contributed by atoms with Gasteiger partial charge in [0.2, 0.25) is 5.91 Å². The van der Waals surface area contributed by atoms with Crippen molar-refractivity contribution >= 4 is 17.8 Å². The first kappa shape index (κ1) is 20.7. The molecule has 2 aliphatic heterocycles. The van der Waals surface area contributed by atoms with Crippen molar-refractivity contribution in [3.05, 3.63) is 0 Å². The Morgan fingerprint density at radius 3 is 2.31 bits per heavy atom. The van der Waals surface area contributed by atoms with E-state index in [-0.39, 0.29) is 23.9 Å². The van der Waals surface area contributed by atoms with Gasteiger partial charge in [-0.1, -0.05) is 27.2 Å². The lowest BCUT2D eigenvalue weighted by atomic mass is 9.79. The van der Waals surface area contributed by atoms with Crippen molar-refractivity contribution in [2.75, 3.05) is 13.7 Å². The summed E-state index contributed by atoms with van der Waals surface area (Å²) in [5.74, 6) is -2.74. The Hall–Kier alpha value is -1.63. The molecule has 2 fully saturated rings. The van der Waals surface area contributed by atoms with Gasteiger partial charge in [-0.15, -0.1) is 0 Å². The highest BCUT2D eigenvalue weighted by atomic mass is 16.5. The third kappa shape index (κ3) is 4.03. The Morgan fingerprint density at radius 2 is 1.81 bits per heavy atom. The fourth-order valence-corrected chi connectivity index (χ4v) is 4.63. The minimum Gasteiger partial charge on any atom is -0.481 e. The smallest absolute Gasteiger partial charge is 0.311 e. The Morgan fingerprint density at radius 1 is 1.19 bits per heavy atom. The van der Waals surface area contributed by atoms with Crippen molar-refractivity contribution in [1.82, 2.24) is 10.2 Å². The highest BCUT2D eigenvalue weighted by Crippen LogP contribution is 2.48. The van der Waals surface area contributed by atoms with Crippen LogP contribution in [0.2, 0.25) is 0 Å². The van der Waals surface area contributed by atoms with E-state index < -0.39 is 29.8 Å². The molecule has 2 aliphatic rings. The van der Waals surface area contributed by atoms with Gasteiger partial charge in [0.1, 0.15) is 0 Å². The Kier molecular flexibility index (Phi) is 7.03. The van der Waals surface area contributed by atoms with Crippen molar-refractivity contribution < 1.29 is 24.2 Å². The molecule has 1 unspecified atom stereocenters. The van der Waals surface area contributed by atoms with E-state index >= 15 is 0 Å². The molecule has 0 aromatic carbocycles. The molecular formula is C19H32N2O5. The van der Waals surface area contributed by atoms with Crippen molar-refractivity contribution in [3.63, 3.8) is 0 Å². The van der Waals surface area contributed by atoms with Crippen molar-refractivity contribution in [2.24, 2.45) is 17.8 Å². The third-order valence-corrected chi connectivity index (χ3v) is 5.69. The first-order valence-corrected chi connectivity index (χ1v) is 9.69. The molecule has 2 heterocycles. The number of hydrogen-bond acceptors (Lipinski definition) is 5. The minimum absolute atomic E-state index is 0.0568. The van der Waals surface area contributed by atoms with E-state index in [0.717, 1.165) is 19.3 Å². The quantitative estimate of drug-likeness (QED) is 0.475. The number of amides is 1. The molecule has 2 N–H and O–H groups in total. The van der Waals surface area contributed by atoms with E-state index in [4.69, 9.17) is 4.74 Å². The maximum absolute atomic E-state index is 12.9. The largest absolute Gasteiger partial charge is 0.481 e. The molecular weight excluding hydrogens is 336 g/mol. The average Bonchev–Trinajstić information content (AvgIpc) is 3.14. The van der Waals surface area contributed by atoms with Crippen LogP contribution in [0, 0.1) is 17.8 Å². The van der Waals surface area contributed by atoms with Crippen molar-refractivity contribution in [2.45, 2.75) is 71.0 Å². The van der Waals surface area contributed by atoms with Gasteiger partial charge in [-0.25, -0.2) is 0 Å². The van der Waals surface area contributed by atoms with Crippen LogP contribution in [-0.2, 0) is 19.1 Å². The Balaban J connectivity index is 2.28. The van der Waals surface area contributed by atoms with Gasteiger partial charge in [0, 0.05) is 18.6 Å². The molecule has 0 aliphatic carbocycles. The number of rotatable bonds is 9. The molecule has 7 heteroatoms. The predicted octanol–water partition coefficient (Wildman–Crippen LogP) is 1.65. The van der Waals surface area contributed by atoms with E-state index in [1.54, 1.807) is 0 Å². The number of carboxylic acids is 1. The number of methoxy groups -OCH3 is 1. The van der Waals surface area contributed by atoms with Gasteiger partial charge in [0.25, 0.3) is 0 Å². The zero-order valence-electron chi connectivity index (χ0n) is 16.2. The number of nitrogens with one attached hydrogen (secondary N) is 1. The van der Waals surface area contributed by atoms with Crippen LogP contribution in [0.15, 0.2) is 0 Å². The van der Waals surface area contributed by atoms with Crippen LogP contribution in [-0.4, -0.2) is 59.6 Å². The molecule has 0 saturated carbocycles. The summed E-state index contributed by atoms with van der Waals surface area (Å²) >= 11 is 0. The van der Waals surface area contributed by atoms with Crippen molar-refractivity contribution in [3.8, 4) is 0 Å². The molecule has 5 atom stereocenters. The summed E-state index contributed by atoms with van der Waals surface area (Å²) in [6.07, 6.45) is 3.98. The summed E-state index contributed by atoms with van der Waals surface area (Å²) in [4.78, 5) is 39.0. The normalized spacial score (nSPS) is 29.0. The maximum Gasteiger partial charge on any atom is 0.311 e. The number of carbonyl (C=O) groups is 3. The third-order valence-electron chi connectivity index (χ3n) is 5.69. The summed E-state index contributed by atoms with van der Waals surface area (Å²) < 4.78 is 4.89. The molecule has 2 bridgehead atoms. The number of nitrogens with zero attached hydrogens (tertiary/aromatic N) is 1. The van der Waals surface area contributed by atoms with E-state index in [1.165, 1.54) is 7.11 Å². The number of esters is 1. The molecule has 7 nitrogen and oxygen atoms in total. The molecule has 26 heavy (non-hydrogen) atoms. The fourth-order valence-electron chi connectivity index (χ4n) is 4.63. The maximum atomic E-state index is 12.9. The number of ether oxygens (including phenoxy) is 1. The van der Waals surface area contributed by atoms with Crippen LogP contribution in [0.25, 0.3) is 0 Å². The van der Waals surface area contributed by atoms with E-state index in [2.05, 4.69) is 26.1 Å². The zero-order chi connectivity index (χ0) is 19.4. The lowest BCUT2D eigenvalue weighted by Crippen LogP contribution is -2.51. The first-order valence-electron chi connectivity index (χ1n) is 9.69. The van der Waals surface area contributed by atoms with Crippen LogP contribution in [0.4, 0.5) is 0 Å². The fraction of sp³-hybridized carbons (Fsp3) is 0.842. The molecule has 148 valence electrons. The second kappa shape index (κ2) is 8.84. The highest BCUT2D eigenvalue weighted by Gasteiger charge is 2.61. The second-order valence-electron chi connectivity index (χ2n) is 7.86. The topological polar surface area (TPSA) is 95.9 Å². The predicted molar refractivity (Wildman–Crippen MR) is 96.4 cm³/mol. The average molecular weight is 368 g/mol. The lowest BCUT2D eigenvalue weighted by molar-refractivity contribution is -0.156. The van der Waals surface area contributed by atoms with Gasteiger partial charge in [0.05, 0.1) is 25.0 Å². The summed E-state index contributed by atoms with van der Waals surface area (Å²) in [6, 6.07) is -0.933. The van der Waals surface area contributed by atoms with Crippen LogP contribution in [0.5, 0.6) is 0 Å². The lowest BCUT2D eigenvalue weighted by Gasteiger charge is -2.32. The Bertz CT molecular complexity index is 536. The van der Waals surface area contributed by atoms with Gasteiger partial charge < -0.3 is 15.2 Å². The highest BCUT2D eigenvalue weighted by molar-refractivity contribution is 5.85. The Labute approximate surface area is 155 Å². The van der Waals surface area contributed by atoms with Crippen molar-refractivity contribution in [1.29, 1.82) is 0 Å². The number of hydrogen-bond donors (Lipinski definition) is 2. The SMILES string of the molecule is CCCCNC(=O)C(CC(C)C)N1[C@@H]2CC[C@H]1[C@@H](C(=O)O)[C@@H]2C(=O)OC. The van der Waals surface area contributed by atoms with E-state index in [9.17, 15) is 19.5 Å². The van der Waals surface area contributed by atoms with Crippen LogP contribution < -0.4 is 5.32 Å². The van der Waals surface area contributed by atoms with Crippen LogP contribution >= 0.6 is 0 Å². The van der Waals surface area contributed by atoms with Crippen LogP contribution in [0.1, 0.15) is 52.9 Å². The monoisotopic (exact) mass is 368 g/mol. The summed E-state index contributed by atoms with van der Waals surface area (Å²) in [5.41, 5.74) is 0. The number of unbranched alkanes of at least 4 members (excludes halogenated alkanes) is 1. The molecule has 0 aromatic rings. The van der Waals surface area contributed by atoms with Gasteiger partial charge in [-0.05, 0) is 31.6 Å². The van der Waals surface area contributed by atoms with Gasteiger partial charge in [-0.2, -0.15) is 0 Å². The number of aliphatic carboxylic acids is 1. The number of fused-ring (bicyclic) bond motifs is 2. The van der Waals surface area contributed by atoms with Gasteiger partial charge in [-0.3, -0.25) is 19.3 Å².